The van der Waals surface area contributed by atoms with Crippen LogP contribution >= 0.6 is 0 Å². The van der Waals surface area contributed by atoms with Gasteiger partial charge in [0.2, 0.25) is 23.6 Å². The van der Waals surface area contributed by atoms with Crippen molar-refractivity contribution >= 4 is 87.8 Å². The van der Waals surface area contributed by atoms with Gasteiger partial charge in [0, 0.05) is 99.6 Å². The first kappa shape index (κ1) is 57.0. The third kappa shape index (κ3) is 12.8. The van der Waals surface area contributed by atoms with Crippen LogP contribution < -0.4 is 24.8 Å². The Kier molecular flexibility index (Phi) is 17.4. The van der Waals surface area contributed by atoms with Crippen molar-refractivity contribution in [2.24, 2.45) is 27.7 Å². The molecule has 1 fully saturated rings. The molecule has 19 nitrogen and oxygen atoms in total. The largest absolute Gasteiger partial charge is 0.493 e. The number of Topliss-reactive ketones (excluding diaryl/α,β-unsaturated/α-hetero) is 1. The number of carboxylic acid groups (broad SMARTS) is 1. The number of carbonyl (C=O) groups is 8. The first-order chi connectivity index (χ1) is 38.9. The fourth-order valence-corrected chi connectivity index (χ4v) is 10.6. The number of carboxylic acids is 1. The number of amides is 6. The van der Waals surface area contributed by atoms with Gasteiger partial charge in [0.1, 0.15) is 5.75 Å². The van der Waals surface area contributed by atoms with Gasteiger partial charge in [-0.1, -0.05) is 58.4 Å². The van der Waals surface area contributed by atoms with E-state index in [2.05, 4.69) is 15.6 Å². The van der Waals surface area contributed by atoms with Gasteiger partial charge in [-0.15, -0.1) is 0 Å². The second-order valence-electron chi connectivity index (χ2n) is 21.6. The van der Waals surface area contributed by atoms with Crippen molar-refractivity contribution in [3.8, 4) is 17.2 Å². The van der Waals surface area contributed by atoms with E-state index >= 15 is 0 Å². The van der Waals surface area contributed by atoms with Crippen LogP contribution in [0.2, 0.25) is 0 Å². The number of imide groups is 1. The van der Waals surface area contributed by atoms with Gasteiger partial charge < -0.3 is 39.8 Å². The summed E-state index contributed by atoms with van der Waals surface area (Å²) < 4.78 is 18.0. The fraction of sp³-hybridized carbons (Fsp3) is 0.387. The van der Waals surface area contributed by atoms with E-state index in [9.17, 15) is 43.5 Å². The Labute approximate surface area is 470 Å². The second kappa shape index (κ2) is 24.7. The molecule has 0 aliphatic carbocycles. The van der Waals surface area contributed by atoms with Gasteiger partial charge in [-0.2, -0.15) is 0 Å². The highest BCUT2D eigenvalue weighted by Gasteiger charge is 2.37. The van der Waals surface area contributed by atoms with Gasteiger partial charge in [-0.25, -0.2) is 4.79 Å². The van der Waals surface area contributed by atoms with E-state index in [1.165, 1.54) is 12.0 Å². The van der Waals surface area contributed by atoms with Crippen molar-refractivity contribution in [2.75, 3.05) is 32.2 Å². The van der Waals surface area contributed by atoms with E-state index in [0.29, 0.717) is 97.1 Å². The van der Waals surface area contributed by atoms with Crippen molar-refractivity contribution < 1.29 is 57.7 Å². The van der Waals surface area contributed by atoms with E-state index in [-0.39, 0.29) is 96.6 Å². The molecule has 9 rings (SSSR count). The number of anilines is 1. The lowest BCUT2D eigenvalue weighted by molar-refractivity contribution is -0.139. The van der Waals surface area contributed by atoms with Crippen molar-refractivity contribution in [1.82, 2.24) is 20.0 Å². The summed E-state index contributed by atoms with van der Waals surface area (Å²) in [6, 6.07) is 19.4. The molecule has 4 aromatic carbocycles. The zero-order valence-corrected chi connectivity index (χ0v) is 46.4. The molecule has 0 radical (unpaired) electrons. The molecule has 5 aliphatic heterocycles. The summed E-state index contributed by atoms with van der Waals surface area (Å²) in [5, 5.41) is 15.0. The van der Waals surface area contributed by atoms with Crippen LogP contribution in [0, 0.1) is 24.7 Å². The number of ketones is 1. The zero-order chi connectivity index (χ0) is 57.6. The summed E-state index contributed by atoms with van der Waals surface area (Å²) in [6.07, 6.45) is 10.9. The maximum absolute atomic E-state index is 14.1. The van der Waals surface area contributed by atoms with Crippen molar-refractivity contribution in [2.45, 2.75) is 111 Å². The number of likely N-dealkylation sites (tertiary alicyclic amines) is 1. The Morgan fingerprint density at radius 3 is 1.86 bits per heavy atom. The molecule has 5 atom stereocenters. The first-order valence-electron chi connectivity index (χ1n) is 27.6. The zero-order valence-electron chi connectivity index (χ0n) is 46.4. The minimum atomic E-state index is -0.999. The molecule has 0 aromatic heterocycles. The lowest BCUT2D eigenvalue weighted by atomic mass is 9.92. The molecule has 5 aliphatic rings. The average molecular weight is 1100 g/mol. The Morgan fingerprint density at radius 2 is 1.30 bits per heavy atom. The molecule has 1 saturated heterocycles. The Balaban J connectivity index is 0.730. The van der Waals surface area contributed by atoms with Crippen LogP contribution in [0.1, 0.15) is 133 Å². The number of carbonyl (C=O) groups excluding carboxylic acids is 7. The van der Waals surface area contributed by atoms with Crippen LogP contribution in [0.5, 0.6) is 17.2 Å². The number of rotatable bonds is 23. The van der Waals surface area contributed by atoms with Crippen LogP contribution in [0.4, 0.5) is 17.1 Å². The number of aromatic carboxylic acids is 1. The van der Waals surface area contributed by atoms with Gasteiger partial charge in [-0.05, 0) is 89.9 Å². The Bertz CT molecular complexity index is 3290. The predicted octanol–water partition coefficient (Wildman–Crippen LogP) is 9.12. The highest BCUT2D eigenvalue weighted by atomic mass is 16.5. The van der Waals surface area contributed by atoms with Crippen LogP contribution in [-0.4, -0.2) is 124 Å². The van der Waals surface area contributed by atoms with Gasteiger partial charge in [-0.3, -0.25) is 48.4 Å². The standard InChI is InChI=1S/C62H67N7O12/c1-35(2)57(66-55(71)11-8-7-9-20-67-56(72)25-38(5)59(67)74)51(70)24-37(4)58(73)65-44-18-16-40(17-19-44)43-27-46-32-64-50-30-54(53(79-6)28-48(50)61(76)69(46)34-43)81-22-10-21-80-52-29-49-47(23-36(52)3)60(75)68-33-42(26-45(68)31-63-49)39-12-14-41(15-13-39)62(77)78/h12-19,23,28-35,37-38,45-46,57H,7-11,20-22,24-27H2,1-6H3,(H,65,73)(H,66,71)(H,77,78)/t37?,38?,45-,46-,57-/m0/s1. The van der Waals surface area contributed by atoms with Gasteiger partial charge in [0.15, 0.2) is 17.3 Å². The number of nitrogens with zero attached hydrogens (tertiary/aromatic N) is 5. The second-order valence-corrected chi connectivity index (χ2v) is 21.6. The number of nitrogens with one attached hydrogen (secondary N) is 2. The number of ether oxygens (including phenoxy) is 3. The van der Waals surface area contributed by atoms with Gasteiger partial charge >= 0.3 is 5.97 Å². The topological polar surface area (TPSA) is 243 Å². The fourth-order valence-electron chi connectivity index (χ4n) is 10.6. The Morgan fingerprint density at radius 1 is 0.716 bits per heavy atom. The maximum Gasteiger partial charge on any atom is 0.335 e. The quantitative estimate of drug-likeness (QED) is 0.0465. The molecule has 4 aromatic rings. The number of unbranched alkanes of at least 4 members (excludes halogenated alkanes) is 2. The van der Waals surface area contributed by atoms with E-state index < -0.39 is 17.9 Å². The molecule has 0 saturated carbocycles. The highest BCUT2D eigenvalue weighted by Crippen LogP contribution is 2.41. The molecule has 0 bridgehead atoms. The predicted molar refractivity (Wildman–Crippen MR) is 304 cm³/mol. The van der Waals surface area contributed by atoms with Crippen molar-refractivity contribution in [1.29, 1.82) is 0 Å². The number of hydrogen-bond acceptors (Lipinski definition) is 13. The molecular formula is C62H67N7O12. The molecule has 19 heteroatoms. The van der Waals surface area contributed by atoms with Crippen LogP contribution in [-0.2, 0) is 24.0 Å². The monoisotopic (exact) mass is 1100 g/mol. The third-order valence-corrected chi connectivity index (χ3v) is 15.3. The van der Waals surface area contributed by atoms with Crippen LogP contribution in [0.3, 0.4) is 0 Å². The number of aliphatic imine (C=N–C) groups is 2. The molecule has 5 heterocycles. The molecule has 6 amide bonds. The van der Waals surface area contributed by atoms with E-state index in [1.807, 2.05) is 45.3 Å². The number of hydrogen-bond donors (Lipinski definition) is 3. The van der Waals surface area contributed by atoms with Crippen molar-refractivity contribution in [3.63, 3.8) is 0 Å². The van der Waals surface area contributed by atoms with E-state index in [4.69, 9.17) is 19.2 Å². The van der Waals surface area contributed by atoms with Crippen molar-refractivity contribution in [3.05, 3.63) is 119 Å². The summed E-state index contributed by atoms with van der Waals surface area (Å²) in [7, 11) is 1.51. The molecule has 3 N–H and O–H groups in total. The minimum Gasteiger partial charge on any atom is -0.493 e. The minimum absolute atomic E-state index is 0.0666. The third-order valence-electron chi connectivity index (χ3n) is 15.3. The molecular weight excluding hydrogens is 1030 g/mol. The number of fused-ring (bicyclic) bond motifs is 4. The van der Waals surface area contributed by atoms with E-state index in [0.717, 1.165) is 27.8 Å². The molecule has 81 heavy (non-hydrogen) atoms. The summed E-state index contributed by atoms with van der Waals surface area (Å²) in [4.78, 5) is 117. The smallest absolute Gasteiger partial charge is 0.335 e. The normalized spacial score (nSPS) is 18.8. The maximum atomic E-state index is 14.1. The first-order valence-corrected chi connectivity index (χ1v) is 27.6. The number of methoxy groups -OCH3 is 1. The molecule has 0 spiro atoms. The molecule has 422 valence electrons. The lowest BCUT2D eigenvalue weighted by Gasteiger charge is -2.23. The highest BCUT2D eigenvalue weighted by molar-refractivity contribution is 6.07. The van der Waals surface area contributed by atoms with Gasteiger partial charge in [0.05, 0.1) is 66.5 Å². The van der Waals surface area contributed by atoms with E-state index in [1.54, 1.807) is 96.7 Å². The van der Waals surface area contributed by atoms with Crippen LogP contribution in [0.25, 0.3) is 11.1 Å². The average Bonchev–Trinajstić information content (AvgIpc) is 4.16. The van der Waals surface area contributed by atoms with Crippen LogP contribution in [0.15, 0.2) is 95.2 Å². The summed E-state index contributed by atoms with van der Waals surface area (Å²) in [5.41, 5.74) is 6.78. The van der Waals surface area contributed by atoms with Gasteiger partial charge in [0.25, 0.3) is 11.8 Å². The molecule has 2 unspecified atom stereocenters. The SMILES string of the molecule is COc1cc2c(cc1OCCCOc1cc3c(cc1C)C(=O)N1C=C(c4ccc(C(=O)O)cc4)C[C@H]1C=N3)N=C[C@@H]1CC(c3ccc(NC(=O)C(C)CC(=O)[C@@H](NC(=O)CCCCCN4C(=O)CC(C)C4=O)C(C)C)cc3)=CN1C2=O. The number of benzene rings is 4. The Hall–Kier alpha value is -8.74. The number of aryl methyl sites for hydroxylation is 1. The summed E-state index contributed by atoms with van der Waals surface area (Å²) in [6.45, 7) is 9.89. The summed E-state index contributed by atoms with van der Waals surface area (Å²) >= 11 is 0. The summed E-state index contributed by atoms with van der Waals surface area (Å²) in [5.74, 6) is -2.36. The lowest BCUT2D eigenvalue weighted by Crippen LogP contribution is -2.45.